The summed E-state index contributed by atoms with van der Waals surface area (Å²) in [7, 11) is 1.34. The summed E-state index contributed by atoms with van der Waals surface area (Å²) in [6, 6.07) is 14.7. The van der Waals surface area contributed by atoms with Crippen LogP contribution in [0, 0.1) is 6.92 Å². The number of aryl methyl sites for hydroxylation is 1. The fourth-order valence-electron chi connectivity index (χ4n) is 3.83. The first-order chi connectivity index (χ1) is 15.4. The highest BCUT2D eigenvalue weighted by molar-refractivity contribution is 6.02. The molecule has 8 nitrogen and oxygen atoms in total. The third-order valence-electron chi connectivity index (χ3n) is 5.74. The van der Waals surface area contributed by atoms with Gasteiger partial charge in [-0.2, -0.15) is 9.78 Å². The summed E-state index contributed by atoms with van der Waals surface area (Å²) in [6.45, 7) is 5.05. The average Bonchev–Trinajstić information content (AvgIpc) is 2.80. The first-order valence-corrected chi connectivity index (χ1v) is 10.8. The Hall–Kier alpha value is -3.52. The van der Waals surface area contributed by atoms with Gasteiger partial charge in [0.2, 0.25) is 5.69 Å². The van der Waals surface area contributed by atoms with Crippen molar-refractivity contribution >= 4 is 11.6 Å². The summed E-state index contributed by atoms with van der Waals surface area (Å²) < 4.78 is 1.96. The molecule has 1 saturated heterocycles. The summed E-state index contributed by atoms with van der Waals surface area (Å²) in [6.07, 6.45) is 3.77. The first kappa shape index (κ1) is 21.7. The molecule has 1 amide bonds. The van der Waals surface area contributed by atoms with E-state index in [2.05, 4.69) is 15.3 Å². The molecular formula is C24H27N5O3. The fraction of sp³-hybridized carbons (Fsp3) is 0.333. The molecule has 0 bridgehead atoms. The predicted octanol–water partition coefficient (Wildman–Crippen LogP) is 2.48. The van der Waals surface area contributed by atoms with E-state index in [-0.39, 0.29) is 5.69 Å². The molecule has 0 unspecified atom stereocenters. The van der Waals surface area contributed by atoms with Crippen molar-refractivity contribution in [2.75, 3.05) is 18.4 Å². The highest BCUT2D eigenvalue weighted by Crippen LogP contribution is 2.15. The lowest BCUT2D eigenvalue weighted by atomic mass is 10.1. The van der Waals surface area contributed by atoms with E-state index in [0.29, 0.717) is 11.4 Å². The molecule has 0 spiro atoms. The molecule has 1 aliphatic rings. The van der Waals surface area contributed by atoms with Gasteiger partial charge >= 0.3 is 5.69 Å². The van der Waals surface area contributed by atoms with Gasteiger partial charge in [-0.1, -0.05) is 36.2 Å². The second kappa shape index (κ2) is 9.32. The molecule has 2 heterocycles. The van der Waals surface area contributed by atoms with Crippen molar-refractivity contribution in [2.24, 2.45) is 7.05 Å². The van der Waals surface area contributed by atoms with Crippen LogP contribution in [-0.2, 0) is 13.6 Å². The molecule has 3 aromatic rings. The Kier molecular flexibility index (Phi) is 6.32. The second-order valence-corrected chi connectivity index (χ2v) is 8.23. The van der Waals surface area contributed by atoms with Gasteiger partial charge in [0.25, 0.3) is 11.5 Å². The van der Waals surface area contributed by atoms with E-state index in [4.69, 9.17) is 0 Å². The number of carbonyl (C=O) groups excluding carboxylic acids is 1. The second-order valence-electron chi connectivity index (χ2n) is 8.23. The lowest BCUT2D eigenvalue weighted by Crippen LogP contribution is -2.43. The van der Waals surface area contributed by atoms with Crippen molar-refractivity contribution in [3.63, 3.8) is 0 Å². The van der Waals surface area contributed by atoms with Gasteiger partial charge in [0.1, 0.15) is 0 Å². The SMILES string of the molecule is Cc1ccc(-n2nc(C(=O)Nc3ccc(CN4CCCCC4)cc3)c(=O)n(C)c2=O)cc1. The van der Waals surface area contributed by atoms with Crippen molar-refractivity contribution in [1.82, 2.24) is 19.2 Å². The van der Waals surface area contributed by atoms with E-state index in [0.717, 1.165) is 34.4 Å². The van der Waals surface area contributed by atoms with Crippen molar-refractivity contribution < 1.29 is 4.79 Å². The van der Waals surface area contributed by atoms with Crippen LogP contribution in [0.3, 0.4) is 0 Å². The third kappa shape index (κ3) is 4.70. The van der Waals surface area contributed by atoms with Crippen molar-refractivity contribution in [3.05, 3.63) is 86.2 Å². The summed E-state index contributed by atoms with van der Waals surface area (Å²) in [5.41, 5.74) is 1.54. The Bertz CT molecular complexity index is 1220. The fourth-order valence-corrected chi connectivity index (χ4v) is 3.83. The van der Waals surface area contributed by atoms with Gasteiger partial charge in [0, 0.05) is 19.3 Å². The van der Waals surface area contributed by atoms with Crippen molar-refractivity contribution in [1.29, 1.82) is 0 Å². The van der Waals surface area contributed by atoms with E-state index in [1.54, 1.807) is 12.1 Å². The highest BCUT2D eigenvalue weighted by atomic mass is 16.2. The molecule has 0 aliphatic carbocycles. The van der Waals surface area contributed by atoms with Crippen LogP contribution < -0.4 is 16.6 Å². The third-order valence-corrected chi connectivity index (χ3v) is 5.74. The lowest BCUT2D eigenvalue weighted by molar-refractivity contribution is 0.101. The molecule has 166 valence electrons. The molecule has 0 saturated carbocycles. The maximum Gasteiger partial charge on any atom is 0.351 e. The van der Waals surface area contributed by atoms with E-state index >= 15 is 0 Å². The Labute approximate surface area is 186 Å². The van der Waals surface area contributed by atoms with Crippen LogP contribution in [0.5, 0.6) is 0 Å². The van der Waals surface area contributed by atoms with Gasteiger partial charge in [0.15, 0.2) is 0 Å². The largest absolute Gasteiger partial charge is 0.351 e. The number of hydrogen-bond acceptors (Lipinski definition) is 5. The lowest BCUT2D eigenvalue weighted by Gasteiger charge is -2.26. The number of aromatic nitrogens is 3. The quantitative estimate of drug-likeness (QED) is 0.668. The zero-order valence-electron chi connectivity index (χ0n) is 18.4. The number of rotatable bonds is 5. The van der Waals surface area contributed by atoms with E-state index in [1.807, 2.05) is 43.3 Å². The first-order valence-electron chi connectivity index (χ1n) is 10.8. The number of nitrogens with zero attached hydrogens (tertiary/aromatic N) is 4. The zero-order chi connectivity index (χ0) is 22.7. The van der Waals surface area contributed by atoms with E-state index < -0.39 is 17.2 Å². The normalized spacial score (nSPS) is 14.3. The Morgan fingerprint density at radius 3 is 2.28 bits per heavy atom. The molecular weight excluding hydrogens is 406 g/mol. The molecule has 32 heavy (non-hydrogen) atoms. The molecule has 2 aromatic carbocycles. The van der Waals surface area contributed by atoms with E-state index in [9.17, 15) is 14.4 Å². The standard InChI is InChI=1S/C24H27N5O3/c1-17-6-12-20(13-7-17)29-24(32)27(2)23(31)21(26-29)22(30)25-19-10-8-18(9-11-19)16-28-14-4-3-5-15-28/h6-13H,3-5,14-16H2,1-2H3,(H,25,30). The van der Waals surface area contributed by atoms with Crippen LogP contribution in [0.15, 0.2) is 58.1 Å². The van der Waals surface area contributed by atoms with Crippen LogP contribution >= 0.6 is 0 Å². The van der Waals surface area contributed by atoms with Crippen LogP contribution in [0.4, 0.5) is 5.69 Å². The monoisotopic (exact) mass is 433 g/mol. The molecule has 0 radical (unpaired) electrons. The number of amides is 1. The Balaban J connectivity index is 1.54. The number of likely N-dealkylation sites (tertiary alicyclic amines) is 1. The molecule has 4 rings (SSSR count). The summed E-state index contributed by atoms with van der Waals surface area (Å²) in [4.78, 5) is 40.3. The molecule has 1 aliphatic heterocycles. The highest BCUT2D eigenvalue weighted by Gasteiger charge is 2.19. The molecule has 8 heteroatoms. The minimum Gasteiger partial charge on any atom is -0.320 e. The maximum atomic E-state index is 12.8. The van der Waals surface area contributed by atoms with Crippen molar-refractivity contribution in [3.8, 4) is 5.69 Å². The van der Waals surface area contributed by atoms with Crippen LogP contribution in [0.1, 0.15) is 40.9 Å². The Morgan fingerprint density at radius 1 is 0.969 bits per heavy atom. The molecule has 1 aromatic heterocycles. The Morgan fingerprint density at radius 2 is 1.62 bits per heavy atom. The predicted molar refractivity (Wildman–Crippen MR) is 123 cm³/mol. The summed E-state index contributed by atoms with van der Waals surface area (Å²) >= 11 is 0. The van der Waals surface area contributed by atoms with Gasteiger partial charge in [-0.05, 0) is 62.7 Å². The molecule has 0 atom stereocenters. The number of benzene rings is 2. The minimum absolute atomic E-state index is 0.343. The summed E-state index contributed by atoms with van der Waals surface area (Å²) in [5, 5.41) is 6.80. The molecule has 1 fully saturated rings. The van der Waals surface area contributed by atoms with Crippen LogP contribution in [0.25, 0.3) is 5.69 Å². The molecule has 1 N–H and O–H groups in total. The zero-order valence-corrected chi connectivity index (χ0v) is 18.4. The van der Waals surface area contributed by atoms with Gasteiger partial charge in [-0.3, -0.25) is 19.1 Å². The van der Waals surface area contributed by atoms with Crippen molar-refractivity contribution in [2.45, 2.75) is 32.7 Å². The van der Waals surface area contributed by atoms with Crippen LogP contribution in [-0.4, -0.2) is 38.2 Å². The maximum absolute atomic E-state index is 12.8. The van der Waals surface area contributed by atoms with Gasteiger partial charge in [-0.25, -0.2) is 4.79 Å². The van der Waals surface area contributed by atoms with E-state index in [1.165, 1.54) is 31.9 Å². The summed E-state index contributed by atoms with van der Waals surface area (Å²) in [5.74, 6) is -0.657. The number of piperidine rings is 1. The van der Waals surface area contributed by atoms with Crippen LogP contribution in [0.2, 0.25) is 0 Å². The number of nitrogens with one attached hydrogen (secondary N) is 1. The van der Waals surface area contributed by atoms with Gasteiger partial charge < -0.3 is 5.32 Å². The van der Waals surface area contributed by atoms with Gasteiger partial charge in [0.05, 0.1) is 5.69 Å². The number of anilines is 1. The topological polar surface area (TPSA) is 89.2 Å². The minimum atomic E-state index is -0.738. The number of hydrogen-bond donors (Lipinski definition) is 1. The average molecular weight is 434 g/mol. The smallest absolute Gasteiger partial charge is 0.320 e. The van der Waals surface area contributed by atoms with Gasteiger partial charge in [-0.15, -0.1) is 0 Å². The number of carbonyl (C=O) groups is 1.